The van der Waals surface area contributed by atoms with Gasteiger partial charge < -0.3 is 10.3 Å². The average Bonchev–Trinajstić information content (AvgIpc) is 2.91. The molecule has 2 aromatic rings. The molecule has 2 N–H and O–H groups in total. The summed E-state index contributed by atoms with van der Waals surface area (Å²) in [6.07, 6.45) is 4.53. The van der Waals surface area contributed by atoms with Crippen molar-refractivity contribution in [2.75, 3.05) is 0 Å². The quantitative estimate of drug-likeness (QED) is 0.850. The van der Waals surface area contributed by atoms with Crippen LogP contribution < -0.4 is 5.32 Å². The van der Waals surface area contributed by atoms with Crippen LogP contribution in [0.3, 0.4) is 0 Å². The van der Waals surface area contributed by atoms with Gasteiger partial charge in [-0.3, -0.25) is 4.79 Å². The summed E-state index contributed by atoms with van der Waals surface area (Å²) < 4.78 is 0. The van der Waals surface area contributed by atoms with E-state index in [4.69, 9.17) is 0 Å². The minimum absolute atomic E-state index is 0.176. The second-order valence-electron chi connectivity index (χ2n) is 5.25. The Bertz CT molecular complexity index is 573. The number of hydrogen-bond acceptors (Lipinski definition) is 1. The molecule has 0 radical (unpaired) electrons. The predicted molar refractivity (Wildman–Crippen MR) is 72.3 cm³/mol. The molecular weight excluding hydrogens is 224 g/mol. The highest BCUT2D eigenvalue weighted by molar-refractivity contribution is 5.84. The minimum Gasteiger partial charge on any atom is -0.361 e. The van der Waals surface area contributed by atoms with E-state index in [1.807, 2.05) is 18.3 Å². The molecule has 1 aliphatic carbocycles. The van der Waals surface area contributed by atoms with E-state index >= 15 is 0 Å². The van der Waals surface area contributed by atoms with Gasteiger partial charge in [0.25, 0.3) is 0 Å². The lowest BCUT2D eigenvalue weighted by molar-refractivity contribution is -0.121. The number of nitrogens with one attached hydrogen (secondary N) is 2. The highest BCUT2D eigenvalue weighted by atomic mass is 16.1. The number of benzene rings is 1. The summed E-state index contributed by atoms with van der Waals surface area (Å²) in [5.74, 6) is 0.844. The van der Waals surface area contributed by atoms with E-state index < -0.39 is 0 Å². The number of fused-ring (bicyclic) bond motifs is 1. The Kier molecular flexibility index (Phi) is 2.82. The van der Waals surface area contributed by atoms with Gasteiger partial charge in [0.1, 0.15) is 0 Å². The normalized spacial score (nSPS) is 22.1. The van der Waals surface area contributed by atoms with Crippen LogP contribution in [0.1, 0.15) is 25.3 Å². The number of rotatable bonds is 4. The van der Waals surface area contributed by atoms with Crippen molar-refractivity contribution in [2.24, 2.45) is 5.92 Å². The lowest BCUT2D eigenvalue weighted by Crippen LogP contribution is -2.26. The topological polar surface area (TPSA) is 44.9 Å². The molecule has 0 bridgehead atoms. The van der Waals surface area contributed by atoms with Crippen molar-refractivity contribution in [1.82, 2.24) is 10.3 Å². The van der Waals surface area contributed by atoms with Gasteiger partial charge in [0, 0.05) is 29.6 Å². The zero-order chi connectivity index (χ0) is 12.5. The van der Waals surface area contributed by atoms with Crippen molar-refractivity contribution in [3.05, 3.63) is 36.0 Å². The third kappa shape index (κ3) is 2.26. The second-order valence-corrected chi connectivity index (χ2v) is 5.25. The molecule has 2 atom stereocenters. The summed E-state index contributed by atoms with van der Waals surface area (Å²) in [7, 11) is 0. The van der Waals surface area contributed by atoms with E-state index in [2.05, 4.69) is 29.4 Å². The Labute approximate surface area is 107 Å². The Morgan fingerprint density at radius 2 is 2.22 bits per heavy atom. The van der Waals surface area contributed by atoms with E-state index in [0.717, 1.165) is 18.4 Å². The Balaban J connectivity index is 1.61. The zero-order valence-corrected chi connectivity index (χ0v) is 10.6. The summed E-state index contributed by atoms with van der Waals surface area (Å²) >= 11 is 0. The number of aromatic amines is 1. The van der Waals surface area contributed by atoms with Crippen molar-refractivity contribution >= 4 is 16.8 Å². The van der Waals surface area contributed by atoms with Gasteiger partial charge in [-0.05, 0) is 30.4 Å². The number of amides is 1. The van der Waals surface area contributed by atoms with Gasteiger partial charge in [-0.15, -0.1) is 0 Å². The Morgan fingerprint density at radius 3 is 3.00 bits per heavy atom. The molecule has 3 heteroatoms. The summed E-state index contributed by atoms with van der Waals surface area (Å²) in [4.78, 5) is 15.0. The highest BCUT2D eigenvalue weighted by Crippen LogP contribution is 2.29. The molecule has 1 aromatic carbocycles. The summed E-state index contributed by atoms with van der Waals surface area (Å²) in [5.41, 5.74) is 2.37. The zero-order valence-electron chi connectivity index (χ0n) is 10.6. The largest absolute Gasteiger partial charge is 0.361 e. The molecule has 0 aliphatic heterocycles. The number of carbonyl (C=O) groups is 1. The van der Waals surface area contributed by atoms with Crippen LogP contribution in [0.4, 0.5) is 0 Å². The molecule has 1 aliphatic rings. The first-order valence-corrected chi connectivity index (χ1v) is 6.58. The van der Waals surface area contributed by atoms with E-state index in [9.17, 15) is 4.79 Å². The van der Waals surface area contributed by atoms with Gasteiger partial charge in [0.15, 0.2) is 0 Å². The summed E-state index contributed by atoms with van der Waals surface area (Å²) in [6, 6.07) is 8.64. The number of aromatic nitrogens is 1. The molecule has 1 fully saturated rings. The van der Waals surface area contributed by atoms with Gasteiger partial charge in [-0.25, -0.2) is 0 Å². The molecule has 3 nitrogen and oxygen atoms in total. The molecule has 0 spiro atoms. The minimum atomic E-state index is 0.176. The molecule has 3 rings (SSSR count). The molecule has 2 unspecified atom stereocenters. The van der Waals surface area contributed by atoms with Crippen LogP contribution in [-0.2, 0) is 11.2 Å². The third-order valence-corrected chi connectivity index (χ3v) is 3.75. The average molecular weight is 242 g/mol. The summed E-state index contributed by atoms with van der Waals surface area (Å²) in [6.45, 7) is 2.17. The lowest BCUT2D eigenvalue weighted by atomic mass is 10.1. The predicted octanol–water partition coefficient (Wildman–Crippen LogP) is 2.63. The van der Waals surface area contributed by atoms with Crippen LogP contribution in [0.2, 0.25) is 0 Å². The van der Waals surface area contributed by atoms with Crippen LogP contribution in [0.5, 0.6) is 0 Å². The van der Waals surface area contributed by atoms with Gasteiger partial charge in [0.2, 0.25) is 5.91 Å². The van der Waals surface area contributed by atoms with Crippen LogP contribution in [0, 0.1) is 5.92 Å². The molecule has 94 valence electrons. The van der Waals surface area contributed by atoms with Crippen LogP contribution in [0.25, 0.3) is 10.9 Å². The maximum atomic E-state index is 11.7. The van der Waals surface area contributed by atoms with Gasteiger partial charge in [-0.2, -0.15) is 0 Å². The van der Waals surface area contributed by atoms with Crippen molar-refractivity contribution < 1.29 is 4.79 Å². The number of aryl methyl sites for hydroxylation is 1. The standard InChI is InChI=1S/C15H18N2O/c1-10-8-14(10)17-15(18)7-6-11-9-16-13-5-3-2-4-12(11)13/h2-5,9-10,14,16H,6-8H2,1H3,(H,17,18). The maximum Gasteiger partial charge on any atom is 0.220 e. The Morgan fingerprint density at radius 1 is 1.44 bits per heavy atom. The first-order chi connectivity index (χ1) is 8.74. The summed E-state index contributed by atoms with van der Waals surface area (Å²) in [5, 5.41) is 4.29. The van der Waals surface area contributed by atoms with E-state index in [-0.39, 0.29) is 5.91 Å². The molecule has 1 aromatic heterocycles. The number of para-hydroxylation sites is 1. The number of hydrogen-bond donors (Lipinski definition) is 2. The van der Waals surface area contributed by atoms with E-state index in [1.165, 1.54) is 10.9 Å². The fraction of sp³-hybridized carbons (Fsp3) is 0.400. The fourth-order valence-electron chi connectivity index (χ4n) is 2.39. The molecule has 18 heavy (non-hydrogen) atoms. The van der Waals surface area contributed by atoms with Crippen molar-refractivity contribution in [3.8, 4) is 0 Å². The van der Waals surface area contributed by atoms with Gasteiger partial charge in [0.05, 0.1) is 0 Å². The number of carbonyl (C=O) groups excluding carboxylic acids is 1. The lowest BCUT2D eigenvalue weighted by Gasteiger charge is -2.03. The maximum absolute atomic E-state index is 11.7. The van der Waals surface area contributed by atoms with Crippen LogP contribution in [0.15, 0.2) is 30.5 Å². The molecule has 1 amide bonds. The highest BCUT2D eigenvalue weighted by Gasteiger charge is 2.33. The van der Waals surface area contributed by atoms with Gasteiger partial charge >= 0.3 is 0 Å². The molecule has 1 saturated carbocycles. The second kappa shape index (κ2) is 4.48. The van der Waals surface area contributed by atoms with Crippen LogP contribution in [-0.4, -0.2) is 16.9 Å². The van der Waals surface area contributed by atoms with Crippen molar-refractivity contribution in [1.29, 1.82) is 0 Å². The monoisotopic (exact) mass is 242 g/mol. The molecule has 0 saturated heterocycles. The third-order valence-electron chi connectivity index (χ3n) is 3.75. The van der Waals surface area contributed by atoms with Gasteiger partial charge in [-0.1, -0.05) is 25.1 Å². The van der Waals surface area contributed by atoms with Crippen molar-refractivity contribution in [2.45, 2.75) is 32.2 Å². The van der Waals surface area contributed by atoms with E-state index in [1.54, 1.807) is 0 Å². The van der Waals surface area contributed by atoms with Crippen molar-refractivity contribution in [3.63, 3.8) is 0 Å². The van der Waals surface area contributed by atoms with Crippen LogP contribution >= 0.6 is 0 Å². The fourth-order valence-corrected chi connectivity index (χ4v) is 2.39. The molecular formula is C15H18N2O. The first-order valence-electron chi connectivity index (χ1n) is 6.58. The molecule has 1 heterocycles. The SMILES string of the molecule is CC1CC1NC(=O)CCc1c[nH]c2ccccc12. The Hall–Kier alpha value is -1.77. The smallest absolute Gasteiger partial charge is 0.220 e. The first kappa shape index (κ1) is 11.3. The number of H-pyrrole nitrogens is 1. The van der Waals surface area contributed by atoms with E-state index in [0.29, 0.717) is 18.4 Å².